The van der Waals surface area contributed by atoms with E-state index < -0.39 is 23.4 Å². The van der Waals surface area contributed by atoms with Gasteiger partial charge in [-0.15, -0.1) is 0 Å². The summed E-state index contributed by atoms with van der Waals surface area (Å²) in [5.41, 5.74) is 3.23. The van der Waals surface area contributed by atoms with Gasteiger partial charge in [0.2, 0.25) is 0 Å². The number of benzene rings is 3. The van der Waals surface area contributed by atoms with Crippen molar-refractivity contribution in [3.63, 3.8) is 0 Å². The van der Waals surface area contributed by atoms with Crippen LogP contribution < -0.4 is 15.0 Å². The second kappa shape index (κ2) is 8.86. The van der Waals surface area contributed by atoms with E-state index in [4.69, 9.17) is 4.74 Å². The van der Waals surface area contributed by atoms with Gasteiger partial charge in [-0.05, 0) is 73.9 Å². The Balaban J connectivity index is 1.81. The largest absolute Gasteiger partial charge is 0.494 e. The molecule has 0 aliphatic carbocycles. The van der Waals surface area contributed by atoms with Crippen LogP contribution in [0.15, 0.2) is 66.4 Å². The van der Waals surface area contributed by atoms with E-state index in [2.05, 4.69) is 5.32 Å². The second-order valence-corrected chi connectivity index (χ2v) is 7.75. The van der Waals surface area contributed by atoms with E-state index in [0.717, 1.165) is 28.2 Å². The summed E-state index contributed by atoms with van der Waals surface area (Å²) in [5.74, 6) is -2.88. The highest BCUT2D eigenvalue weighted by Crippen LogP contribution is 2.35. The van der Waals surface area contributed by atoms with Crippen molar-refractivity contribution in [1.29, 1.82) is 0 Å². The normalized spacial score (nSPS) is 13.7. The van der Waals surface area contributed by atoms with Crippen LogP contribution in [0.1, 0.15) is 23.6 Å². The Kier molecular flexibility index (Phi) is 5.96. The molecule has 0 saturated carbocycles. The van der Waals surface area contributed by atoms with Crippen molar-refractivity contribution in [2.75, 3.05) is 16.8 Å². The molecule has 3 aromatic carbocycles. The van der Waals surface area contributed by atoms with Crippen LogP contribution in [-0.4, -0.2) is 18.4 Å². The molecular weight excluding hydrogens is 426 g/mol. The Morgan fingerprint density at radius 1 is 0.848 bits per heavy atom. The molecule has 33 heavy (non-hydrogen) atoms. The number of aryl methyl sites for hydroxylation is 2. The van der Waals surface area contributed by atoms with E-state index in [1.807, 2.05) is 39.0 Å². The average Bonchev–Trinajstić information content (AvgIpc) is 3.00. The molecule has 1 aliphatic heterocycles. The van der Waals surface area contributed by atoms with E-state index in [1.165, 1.54) is 6.07 Å². The summed E-state index contributed by atoms with van der Waals surface area (Å²) in [6.07, 6.45) is 0. The minimum Gasteiger partial charge on any atom is -0.494 e. The summed E-state index contributed by atoms with van der Waals surface area (Å²) in [6.45, 7) is 6.20. The lowest BCUT2D eigenvalue weighted by molar-refractivity contribution is -0.120. The molecule has 1 N–H and O–H groups in total. The maximum absolute atomic E-state index is 13.9. The number of hydrogen-bond donors (Lipinski definition) is 1. The molecule has 3 aromatic rings. The van der Waals surface area contributed by atoms with Crippen molar-refractivity contribution in [2.45, 2.75) is 20.8 Å². The fourth-order valence-corrected chi connectivity index (χ4v) is 3.85. The SMILES string of the molecule is CCOc1ccc(C2=C(Nc3cc(C)cc(C)c3)C(=O)N(c3ccc(F)c(F)c3)C2=O)cc1. The van der Waals surface area contributed by atoms with E-state index in [-0.39, 0.29) is 17.0 Å². The smallest absolute Gasteiger partial charge is 0.282 e. The summed E-state index contributed by atoms with van der Waals surface area (Å²) in [5, 5.41) is 3.09. The fourth-order valence-electron chi connectivity index (χ4n) is 3.85. The lowest BCUT2D eigenvalue weighted by Gasteiger charge is -2.16. The fraction of sp³-hybridized carbons (Fsp3) is 0.154. The zero-order chi connectivity index (χ0) is 23.7. The van der Waals surface area contributed by atoms with Crippen LogP contribution in [0, 0.1) is 25.5 Å². The van der Waals surface area contributed by atoms with Crippen LogP contribution >= 0.6 is 0 Å². The summed E-state index contributed by atoms with van der Waals surface area (Å²) in [6, 6.07) is 15.4. The Bertz CT molecular complexity index is 1260. The van der Waals surface area contributed by atoms with Gasteiger partial charge in [0.25, 0.3) is 11.8 Å². The maximum atomic E-state index is 13.9. The number of anilines is 2. The zero-order valence-electron chi connectivity index (χ0n) is 18.4. The number of nitrogens with zero attached hydrogens (tertiary/aromatic N) is 1. The van der Waals surface area contributed by atoms with Crippen molar-refractivity contribution >= 4 is 28.8 Å². The van der Waals surface area contributed by atoms with E-state index >= 15 is 0 Å². The first kappa shape index (κ1) is 22.2. The topological polar surface area (TPSA) is 58.6 Å². The third-order valence-electron chi connectivity index (χ3n) is 5.19. The number of carbonyl (C=O) groups is 2. The molecule has 0 radical (unpaired) electrons. The van der Waals surface area contributed by atoms with Gasteiger partial charge in [0, 0.05) is 11.8 Å². The number of carbonyl (C=O) groups excluding carboxylic acids is 2. The molecule has 7 heteroatoms. The van der Waals surface area contributed by atoms with Crippen LogP contribution in [0.4, 0.5) is 20.2 Å². The average molecular weight is 448 g/mol. The molecule has 0 atom stereocenters. The molecule has 5 nitrogen and oxygen atoms in total. The summed E-state index contributed by atoms with van der Waals surface area (Å²) < 4.78 is 32.8. The van der Waals surface area contributed by atoms with Crippen LogP contribution in [0.3, 0.4) is 0 Å². The first-order valence-corrected chi connectivity index (χ1v) is 10.4. The summed E-state index contributed by atoms with van der Waals surface area (Å²) in [7, 11) is 0. The highest BCUT2D eigenvalue weighted by Gasteiger charge is 2.40. The third kappa shape index (κ3) is 4.35. The van der Waals surface area contributed by atoms with E-state index in [1.54, 1.807) is 24.3 Å². The molecule has 2 amide bonds. The van der Waals surface area contributed by atoms with Crippen molar-refractivity contribution in [2.24, 2.45) is 0 Å². The standard InChI is InChI=1S/C26H22F2N2O3/c1-4-33-20-8-5-17(6-9-20)23-24(29-18-12-15(2)11-16(3)13-18)26(32)30(25(23)31)19-7-10-21(27)22(28)14-19/h5-14,29H,4H2,1-3H3. The first-order chi connectivity index (χ1) is 15.8. The second-order valence-electron chi connectivity index (χ2n) is 7.75. The molecule has 0 saturated heterocycles. The maximum Gasteiger partial charge on any atom is 0.282 e. The van der Waals surface area contributed by atoms with E-state index in [9.17, 15) is 18.4 Å². The molecule has 0 fully saturated rings. The van der Waals surface area contributed by atoms with Crippen LogP contribution in [-0.2, 0) is 9.59 Å². The number of hydrogen-bond acceptors (Lipinski definition) is 4. The monoisotopic (exact) mass is 448 g/mol. The number of imide groups is 1. The molecule has 4 rings (SSSR count). The van der Waals surface area contributed by atoms with Crippen molar-refractivity contribution in [3.05, 3.63) is 94.7 Å². The molecule has 1 heterocycles. The van der Waals surface area contributed by atoms with Crippen LogP contribution in [0.2, 0.25) is 0 Å². The molecule has 0 bridgehead atoms. The van der Waals surface area contributed by atoms with Gasteiger partial charge in [0.05, 0.1) is 17.9 Å². The summed E-state index contributed by atoms with van der Waals surface area (Å²) in [4.78, 5) is 27.6. The molecule has 1 aliphatic rings. The Hall–Kier alpha value is -4.00. The zero-order valence-corrected chi connectivity index (χ0v) is 18.4. The van der Waals surface area contributed by atoms with Crippen molar-refractivity contribution in [3.8, 4) is 5.75 Å². The van der Waals surface area contributed by atoms with Gasteiger partial charge in [-0.25, -0.2) is 13.7 Å². The van der Waals surface area contributed by atoms with Crippen LogP contribution in [0.25, 0.3) is 5.57 Å². The predicted molar refractivity (Wildman–Crippen MR) is 123 cm³/mol. The van der Waals surface area contributed by atoms with Gasteiger partial charge < -0.3 is 10.1 Å². The molecule has 0 unspecified atom stereocenters. The Morgan fingerprint density at radius 2 is 1.52 bits per heavy atom. The number of rotatable bonds is 6. The molecule has 0 spiro atoms. The minimum absolute atomic E-state index is 0.0513. The Morgan fingerprint density at radius 3 is 2.12 bits per heavy atom. The van der Waals surface area contributed by atoms with Gasteiger partial charge >= 0.3 is 0 Å². The predicted octanol–water partition coefficient (Wildman–Crippen LogP) is 5.38. The van der Waals surface area contributed by atoms with E-state index in [0.29, 0.717) is 23.6 Å². The van der Waals surface area contributed by atoms with Gasteiger partial charge in [-0.1, -0.05) is 18.2 Å². The van der Waals surface area contributed by atoms with Crippen molar-refractivity contribution < 1.29 is 23.1 Å². The van der Waals surface area contributed by atoms with Crippen LogP contribution in [0.5, 0.6) is 5.75 Å². The lowest BCUT2D eigenvalue weighted by atomic mass is 10.0. The third-order valence-corrected chi connectivity index (χ3v) is 5.19. The van der Waals surface area contributed by atoms with Gasteiger partial charge in [-0.2, -0.15) is 0 Å². The summed E-state index contributed by atoms with van der Waals surface area (Å²) >= 11 is 0. The molecular formula is C26H22F2N2O3. The first-order valence-electron chi connectivity index (χ1n) is 10.4. The number of ether oxygens (including phenoxy) is 1. The highest BCUT2D eigenvalue weighted by molar-refractivity contribution is 6.46. The number of nitrogens with one attached hydrogen (secondary N) is 1. The number of halogens is 2. The Labute approximate surface area is 190 Å². The molecule has 168 valence electrons. The lowest BCUT2D eigenvalue weighted by Crippen LogP contribution is -2.32. The van der Waals surface area contributed by atoms with Gasteiger partial charge in [-0.3, -0.25) is 9.59 Å². The quantitative estimate of drug-likeness (QED) is 0.515. The molecule has 0 aromatic heterocycles. The van der Waals surface area contributed by atoms with Gasteiger partial charge in [0.15, 0.2) is 11.6 Å². The van der Waals surface area contributed by atoms with Gasteiger partial charge in [0.1, 0.15) is 11.4 Å². The highest BCUT2D eigenvalue weighted by atomic mass is 19.2. The van der Waals surface area contributed by atoms with Crippen molar-refractivity contribution in [1.82, 2.24) is 0 Å². The number of amides is 2. The minimum atomic E-state index is -1.15.